The minimum atomic E-state index is -0.520. The van der Waals surface area contributed by atoms with E-state index < -0.39 is 5.41 Å². The van der Waals surface area contributed by atoms with Gasteiger partial charge in [0.25, 0.3) is 0 Å². The molecule has 8 rings (SSSR count). The first-order valence-electron chi connectivity index (χ1n) is 22.3. The number of aromatic hydroxyl groups is 1. The Bertz CT molecular complexity index is 2990. The fraction of sp³-hybridized carbons (Fsp3) is 0.276. The number of pyridine rings is 1. The van der Waals surface area contributed by atoms with Gasteiger partial charge in [-0.05, 0) is 79.8 Å². The third kappa shape index (κ3) is 9.11. The molecule has 6 aromatic carbocycles. The molecule has 1 N–H and O–H groups in total. The molecular formula is C58H60N3OPt-. The second-order valence-electron chi connectivity index (χ2n) is 20.9. The molecule has 0 saturated heterocycles. The molecule has 324 valence electrons. The SMILES string of the molecule is [2H]c1c(C(C)(C)C)cc(-c2nc3c(-c4[c-]c(-c5cc(-c6ccccc6)ccn5)cc(C(C)(C)C)c4)cccc3n2-c2ccc(C(C)(C)C)cc2-c2ccccc2)c(O)c1C(C)(C)C.[Pt]. The van der Waals surface area contributed by atoms with Crippen LogP contribution < -0.4 is 0 Å². The summed E-state index contributed by atoms with van der Waals surface area (Å²) in [5.74, 6) is 0.690. The van der Waals surface area contributed by atoms with Gasteiger partial charge in [-0.2, -0.15) is 0 Å². The molecule has 0 unspecified atom stereocenters. The molecule has 0 bridgehead atoms. The number of aromatic nitrogens is 3. The Morgan fingerprint density at radius 3 is 1.76 bits per heavy atom. The van der Waals surface area contributed by atoms with Crippen LogP contribution in [0.15, 0.2) is 140 Å². The Morgan fingerprint density at radius 2 is 1.14 bits per heavy atom. The zero-order valence-electron chi connectivity index (χ0n) is 39.8. The number of fused-ring (bicyclic) bond motifs is 1. The summed E-state index contributed by atoms with van der Waals surface area (Å²) in [6.07, 6.45) is 1.88. The molecule has 0 atom stereocenters. The number of nitrogens with zero attached hydrogens (tertiary/aromatic N) is 3. The van der Waals surface area contributed by atoms with Gasteiger partial charge in [-0.3, -0.25) is 9.55 Å². The van der Waals surface area contributed by atoms with E-state index in [1.54, 1.807) is 0 Å². The van der Waals surface area contributed by atoms with E-state index in [0.29, 0.717) is 23.0 Å². The summed E-state index contributed by atoms with van der Waals surface area (Å²) < 4.78 is 11.7. The van der Waals surface area contributed by atoms with Gasteiger partial charge in [-0.1, -0.05) is 185 Å². The maximum Gasteiger partial charge on any atom is 0.148 e. The molecule has 8 aromatic rings. The molecule has 0 aliphatic carbocycles. The quantitative estimate of drug-likeness (QED) is 0.169. The third-order valence-corrected chi connectivity index (χ3v) is 11.9. The summed E-state index contributed by atoms with van der Waals surface area (Å²) in [4.78, 5) is 10.5. The van der Waals surface area contributed by atoms with E-state index in [-0.39, 0.29) is 43.1 Å². The Hall–Kier alpha value is -5.57. The maximum absolute atomic E-state index is 12.6. The third-order valence-electron chi connectivity index (χ3n) is 11.9. The first kappa shape index (κ1) is 44.1. The van der Waals surface area contributed by atoms with Crippen molar-refractivity contribution in [3.05, 3.63) is 168 Å². The molecule has 0 fully saturated rings. The van der Waals surface area contributed by atoms with Crippen LogP contribution in [-0.4, -0.2) is 19.6 Å². The Morgan fingerprint density at radius 1 is 0.540 bits per heavy atom. The molecule has 0 amide bonds. The zero-order valence-corrected chi connectivity index (χ0v) is 41.1. The molecule has 4 nitrogen and oxygen atoms in total. The van der Waals surface area contributed by atoms with Crippen LogP contribution in [0.1, 0.15) is 107 Å². The number of phenols is 1. The molecule has 0 saturated carbocycles. The van der Waals surface area contributed by atoms with Crippen LogP contribution >= 0.6 is 0 Å². The smallest absolute Gasteiger partial charge is 0.148 e. The predicted octanol–water partition coefficient (Wildman–Crippen LogP) is 15.4. The Labute approximate surface area is 391 Å². The van der Waals surface area contributed by atoms with Gasteiger partial charge in [0, 0.05) is 44.1 Å². The van der Waals surface area contributed by atoms with Gasteiger partial charge in [-0.25, -0.2) is 4.98 Å². The minimum absolute atomic E-state index is 0. The summed E-state index contributed by atoms with van der Waals surface area (Å²) in [7, 11) is 0. The summed E-state index contributed by atoms with van der Waals surface area (Å²) in [6, 6.07) is 48.9. The van der Waals surface area contributed by atoms with Gasteiger partial charge in [-0.15, -0.1) is 29.3 Å². The van der Waals surface area contributed by atoms with Crippen LogP contribution in [0.2, 0.25) is 0 Å². The van der Waals surface area contributed by atoms with Crippen molar-refractivity contribution in [2.75, 3.05) is 0 Å². The van der Waals surface area contributed by atoms with E-state index in [9.17, 15) is 6.48 Å². The molecule has 0 aliphatic heterocycles. The fourth-order valence-electron chi connectivity index (χ4n) is 8.16. The predicted molar refractivity (Wildman–Crippen MR) is 261 cm³/mol. The second-order valence-corrected chi connectivity index (χ2v) is 20.9. The summed E-state index contributed by atoms with van der Waals surface area (Å²) in [6.45, 7) is 26.0. The Kier molecular flexibility index (Phi) is 11.8. The van der Waals surface area contributed by atoms with E-state index in [4.69, 9.17) is 9.97 Å². The van der Waals surface area contributed by atoms with Crippen LogP contribution in [0, 0.1) is 6.07 Å². The largest absolute Gasteiger partial charge is 0.507 e. The van der Waals surface area contributed by atoms with Gasteiger partial charge < -0.3 is 5.11 Å². The maximum atomic E-state index is 12.6. The van der Waals surface area contributed by atoms with Crippen molar-refractivity contribution in [3.63, 3.8) is 0 Å². The first-order valence-corrected chi connectivity index (χ1v) is 21.8. The van der Waals surface area contributed by atoms with Gasteiger partial charge in [0.05, 0.1) is 23.7 Å². The van der Waals surface area contributed by atoms with Crippen LogP contribution in [0.25, 0.3) is 72.7 Å². The molecule has 0 spiro atoms. The van der Waals surface area contributed by atoms with Gasteiger partial charge in [0.2, 0.25) is 0 Å². The van der Waals surface area contributed by atoms with Crippen LogP contribution in [0.4, 0.5) is 0 Å². The van der Waals surface area contributed by atoms with E-state index in [0.717, 1.165) is 72.5 Å². The number of hydrogen-bond acceptors (Lipinski definition) is 3. The van der Waals surface area contributed by atoms with Crippen molar-refractivity contribution in [2.24, 2.45) is 0 Å². The molecule has 0 aliphatic rings. The van der Waals surface area contributed by atoms with Gasteiger partial charge in [0.1, 0.15) is 11.6 Å². The molecular weight excluding hydrogens is 950 g/mol. The number of benzene rings is 6. The molecule has 2 aromatic heterocycles. The average molecular weight is 1010 g/mol. The fourth-order valence-corrected chi connectivity index (χ4v) is 8.16. The number of phenolic OH excluding ortho intramolecular Hbond substituents is 1. The van der Waals surface area contributed by atoms with Crippen molar-refractivity contribution in [1.29, 1.82) is 0 Å². The van der Waals surface area contributed by atoms with Crippen molar-refractivity contribution < 1.29 is 27.5 Å². The Balaban J connectivity index is 0.00000612. The van der Waals surface area contributed by atoms with Crippen molar-refractivity contribution >= 4 is 11.0 Å². The first-order chi connectivity index (χ1) is 29.6. The topological polar surface area (TPSA) is 50.9 Å². The zero-order chi connectivity index (χ0) is 45.2. The van der Waals surface area contributed by atoms with Crippen molar-refractivity contribution in [1.82, 2.24) is 14.5 Å². The molecule has 5 heteroatoms. The summed E-state index contributed by atoms with van der Waals surface area (Å²) in [5.41, 5.74) is 13.8. The average Bonchev–Trinajstić information content (AvgIpc) is 3.62. The van der Waals surface area contributed by atoms with Crippen molar-refractivity contribution in [2.45, 2.75) is 105 Å². The minimum Gasteiger partial charge on any atom is -0.507 e. The normalized spacial score (nSPS) is 12.6. The number of para-hydroxylation sites is 1. The summed E-state index contributed by atoms with van der Waals surface area (Å²) in [5, 5.41) is 12.6. The van der Waals surface area contributed by atoms with Crippen LogP contribution in [0.3, 0.4) is 0 Å². The second kappa shape index (κ2) is 16.9. The molecule has 63 heavy (non-hydrogen) atoms. The van der Waals surface area contributed by atoms with Crippen LogP contribution in [-0.2, 0) is 42.7 Å². The van der Waals surface area contributed by atoms with Crippen molar-refractivity contribution in [3.8, 4) is 67.5 Å². The molecule has 2 heterocycles. The van der Waals surface area contributed by atoms with E-state index in [2.05, 4.69) is 203 Å². The number of hydrogen-bond donors (Lipinski definition) is 1. The molecule has 0 radical (unpaired) electrons. The van der Waals surface area contributed by atoms with E-state index in [1.165, 1.54) is 5.56 Å². The van der Waals surface area contributed by atoms with Crippen LogP contribution in [0.5, 0.6) is 5.75 Å². The number of rotatable bonds is 6. The van der Waals surface area contributed by atoms with Gasteiger partial charge >= 0.3 is 0 Å². The number of imidazole rings is 1. The van der Waals surface area contributed by atoms with Gasteiger partial charge in [0.15, 0.2) is 0 Å². The standard InChI is InChI=1S/C58H60N3O.Pt/c1-55(2,3)42-26-27-50(46(34-42)38-22-17-14-18-23-38)61-51-25-19-24-45(52(51)60-54(61)47-35-44(57(7,8)9)36-48(53(47)62)58(10,11)12)40-30-41(32-43(31-40)56(4,5)6)49-33-39(28-29-59-49)37-20-15-13-16-21-37;/h13-29,31-36,62H,1-12H3;/q-1;/i36D;. The van der Waals surface area contributed by atoms with E-state index >= 15 is 0 Å². The van der Waals surface area contributed by atoms with E-state index in [1.807, 2.05) is 24.4 Å². The summed E-state index contributed by atoms with van der Waals surface area (Å²) >= 11 is 0. The monoisotopic (exact) mass is 1010 g/mol.